The van der Waals surface area contributed by atoms with Crippen molar-refractivity contribution in [3.05, 3.63) is 130 Å². The number of aryl methyl sites for hydroxylation is 2. The zero-order valence-corrected chi connectivity index (χ0v) is 23.6. The molecule has 0 fully saturated rings. The molecule has 0 saturated heterocycles. The fourth-order valence-electron chi connectivity index (χ4n) is 4.58. The van der Waals surface area contributed by atoms with E-state index >= 15 is 0 Å². The van der Waals surface area contributed by atoms with Crippen LogP contribution in [0.3, 0.4) is 0 Å². The quantitative estimate of drug-likeness (QED) is 0.193. The molecule has 6 rings (SSSR count). The Morgan fingerprint density at radius 2 is 1.51 bits per heavy atom. The molecule has 1 aliphatic rings. The van der Waals surface area contributed by atoms with E-state index in [0.717, 1.165) is 40.2 Å². The number of hydrogen-bond donors (Lipinski definition) is 1. The number of carbonyl (C=O) groups excluding carboxylic acids is 2. The minimum atomic E-state index is -1.89. The van der Waals surface area contributed by atoms with Gasteiger partial charge in [0.25, 0.3) is 5.79 Å². The molecule has 41 heavy (non-hydrogen) atoms. The summed E-state index contributed by atoms with van der Waals surface area (Å²) in [7, 11) is 1.57. The van der Waals surface area contributed by atoms with Gasteiger partial charge in [0, 0.05) is 23.1 Å². The average Bonchev–Trinajstić information content (AvgIpc) is 3.56. The number of cyclic esters (lactones) is 1. The molecule has 7 nitrogen and oxygen atoms in total. The van der Waals surface area contributed by atoms with E-state index < -0.39 is 11.8 Å². The zero-order chi connectivity index (χ0) is 29.0. The first-order valence-corrected chi connectivity index (χ1v) is 13.7. The number of ether oxygens (including phenoxy) is 2. The highest BCUT2D eigenvalue weighted by Gasteiger charge is 2.48. The first kappa shape index (κ1) is 27.9. The van der Waals surface area contributed by atoms with Crippen LogP contribution in [-0.2, 0) is 21.7 Å². The van der Waals surface area contributed by atoms with Crippen molar-refractivity contribution in [3.63, 3.8) is 0 Å². The van der Waals surface area contributed by atoms with Crippen molar-refractivity contribution in [3.8, 4) is 5.75 Å². The van der Waals surface area contributed by atoms with E-state index in [1.165, 1.54) is 5.56 Å². The molecule has 0 aliphatic carbocycles. The fourth-order valence-corrected chi connectivity index (χ4v) is 5.10. The van der Waals surface area contributed by atoms with Crippen LogP contribution in [0.1, 0.15) is 38.2 Å². The third-order valence-electron chi connectivity index (χ3n) is 6.89. The number of aldehydes is 1. The van der Waals surface area contributed by atoms with Gasteiger partial charge in [0.15, 0.2) is 0 Å². The Morgan fingerprint density at radius 3 is 2.15 bits per heavy atom. The molecule has 8 heteroatoms. The Hall–Kier alpha value is -4.66. The van der Waals surface area contributed by atoms with Crippen molar-refractivity contribution in [2.24, 2.45) is 0 Å². The van der Waals surface area contributed by atoms with Crippen molar-refractivity contribution >= 4 is 40.6 Å². The number of benzene rings is 4. The van der Waals surface area contributed by atoms with Crippen molar-refractivity contribution in [2.75, 3.05) is 7.11 Å². The summed E-state index contributed by atoms with van der Waals surface area (Å²) >= 11 is 1.12. The minimum Gasteiger partial charge on any atom is -0.497 e. The van der Waals surface area contributed by atoms with Crippen LogP contribution in [0.5, 0.6) is 5.75 Å². The minimum absolute atomic E-state index is 0.344. The highest BCUT2D eigenvalue weighted by molar-refractivity contribution is 7.00. The van der Waals surface area contributed by atoms with Crippen molar-refractivity contribution < 1.29 is 24.2 Å². The van der Waals surface area contributed by atoms with Crippen LogP contribution < -0.4 is 4.74 Å². The van der Waals surface area contributed by atoms with E-state index in [2.05, 4.69) is 8.75 Å². The molecule has 1 aromatic heterocycles. The van der Waals surface area contributed by atoms with E-state index in [4.69, 9.17) is 9.47 Å². The molecule has 1 atom stereocenters. The molecule has 0 radical (unpaired) electrons. The number of aromatic nitrogens is 2. The van der Waals surface area contributed by atoms with Gasteiger partial charge in [-0.1, -0.05) is 65.7 Å². The number of esters is 1. The average molecular weight is 565 g/mol. The summed E-state index contributed by atoms with van der Waals surface area (Å²) in [6.07, 6.45) is 1.19. The lowest BCUT2D eigenvalue weighted by Gasteiger charge is -2.26. The Bertz CT molecular complexity index is 1720. The number of hydrogen-bond acceptors (Lipinski definition) is 8. The summed E-state index contributed by atoms with van der Waals surface area (Å²) < 4.78 is 19.4. The van der Waals surface area contributed by atoms with E-state index in [9.17, 15) is 14.7 Å². The monoisotopic (exact) mass is 564 g/mol. The molecule has 1 unspecified atom stereocenters. The molecule has 0 bridgehead atoms. The standard InChI is InChI=1S/C25H20N2O4S.C8H8O/c1-15-3-5-16(6-4-15)13-20-23(17-7-12-21-22(14-17)27-32-26-21)24(28)31-25(20,29)18-8-10-19(30-2)11-9-18;1-7-2-4-8(6-9)5-3-7/h3-12,14,29H,13H2,1-2H3;2-6H,1H3. The Balaban J connectivity index is 0.000000321. The molecule has 1 N–H and O–H groups in total. The van der Waals surface area contributed by atoms with Crippen LogP contribution in [-0.4, -0.2) is 33.2 Å². The van der Waals surface area contributed by atoms with Crippen LogP contribution in [0.4, 0.5) is 0 Å². The van der Waals surface area contributed by atoms with Crippen LogP contribution in [0.25, 0.3) is 16.6 Å². The molecular formula is C33H28N2O5S. The summed E-state index contributed by atoms with van der Waals surface area (Å²) in [6, 6.07) is 27.8. The van der Waals surface area contributed by atoms with Crippen LogP contribution in [0, 0.1) is 13.8 Å². The first-order chi connectivity index (χ1) is 19.8. The normalized spacial score (nSPS) is 16.2. The van der Waals surface area contributed by atoms with Gasteiger partial charge in [0.2, 0.25) is 0 Å². The molecule has 4 aromatic carbocycles. The van der Waals surface area contributed by atoms with E-state index in [-0.39, 0.29) is 0 Å². The third kappa shape index (κ3) is 5.94. The lowest BCUT2D eigenvalue weighted by atomic mass is 9.88. The predicted molar refractivity (Wildman–Crippen MR) is 159 cm³/mol. The van der Waals surface area contributed by atoms with Gasteiger partial charge in [-0.05, 0) is 61.4 Å². The molecule has 0 amide bonds. The van der Waals surface area contributed by atoms with E-state index in [0.29, 0.717) is 40.0 Å². The number of rotatable bonds is 6. The zero-order valence-electron chi connectivity index (χ0n) is 22.8. The maximum absolute atomic E-state index is 13.1. The van der Waals surface area contributed by atoms with Crippen LogP contribution in [0.15, 0.2) is 96.6 Å². The maximum Gasteiger partial charge on any atom is 0.342 e. The number of nitrogens with zero attached hydrogens (tertiary/aromatic N) is 2. The molecule has 0 saturated carbocycles. The Labute approximate surface area is 242 Å². The van der Waals surface area contributed by atoms with Gasteiger partial charge in [0.1, 0.15) is 23.1 Å². The van der Waals surface area contributed by atoms with Crippen LogP contribution >= 0.6 is 11.7 Å². The lowest BCUT2D eigenvalue weighted by molar-refractivity contribution is -0.185. The summed E-state index contributed by atoms with van der Waals surface area (Å²) in [5, 5.41) is 11.7. The molecule has 5 aromatic rings. The van der Waals surface area contributed by atoms with Gasteiger partial charge in [-0.25, -0.2) is 4.79 Å². The van der Waals surface area contributed by atoms with Gasteiger partial charge in [-0.15, -0.1) is 0 Å². The van der Waals surface area contributed by atoms with Crippen molar-refractivity contribution in [1.82, 2.24) is 8.75 Å². The SMILES string of the molecule is COc1ccc(C2(O)OC(=O)C(c3ccc4nsnc4c3)=C2Cc2ccc(C)cc2)cc1.Cc1ccc(C=O)cc1. The lowest BCUT2D eigenvalue weighted by Crippen LogP contribution is -2.29. The Morgan fingerprint density at radius 1 is 0.878 bits per heavy atom. The molecule has 0 spiro atoms. The van der Waals surface area contributed by atoms with Gasteiger partial charge in [-0.2, -0.15) is 8.75 Å². The molecule has 1 aliphatic heterocycles. The highest BCUT2D eigenvalue weighted by Crippen LogP contribution is 2.45. The molecule has 2 heterocycles. The summed E-state index contributed by atoms with van der Waals surface area (Å²) in [5.41, 5.74) is 7.40. The third-order valence-corrected chi connectivity index (χ3v) is 7.45. The second-order valence-electron chi connectivity index (χ2n) is 9.77. The van der Waals surface area contributed by atoms with Crippen LogP contribution in [0.2, 0.25) is 0 Å². The van der Waals surface area contributed by atoms with Gasteiger partial charge in [-0.3, -0.25) is 4.79 Å². The number of methoxy groups -OCH3 is 1. The second kappa shape index (κ2) is 11.8. The number of carbonyl (C=O) groups is 2. The maximum atomic E-state index is 13.1. The Kier molecular flexibility index (Phi) is 8.05. The first-order valence-electron chi connectivity index (χ1n) is 12.9. The second-order valence-corrected chi connectivity index (χ2v) is 10.3. The molecule has 206 valence electrons. The number of fused-ring (bicyclic) bond motifs is 1. The number of aliphatic hydroxyl groups is 1. The predicted octanol–water partition coefficient (Wildman–Crippen LogP) is 6.21. The van der Waals surface area contributed by atoms with Crippen molar-refractivity contribution in [2.45, 2.75) is 26.1 Å². The topological polar surface area (TPSA) is 98.6 Å². The van der Waals surface area contributed by atoms with E-state index in [1.807, 2.05) is 80.6 Å². The summed E-state index contributed by atoms with van der Waals surface area (Å²) in [6.45, 7) is 4.01. The van der Waals surface area contributed by atoms with E-state index in [1.54, 1.807) is 31.4 Å². The fraction of sp³-hybridized carbons (Fsp3) is 0.152. The van der Waals surface area contributed by atoms with Crippen molar-refractivity contribution in [1.29, 1.82) is 0 Å². The van der Waals surface area contributed by atoms with Gasteiger partial charge < -0.3 is 14.6 Å². The summed E-state index contributed by atoms with van der Waals surface area (Å²) in [5.74, 6) is -1.82. The largest absolute Gasteiger partial charge is 0.497 e. The molecular weight excluding hydrogens is 536 g/mol. The van der Waals surface area contributed by atoms with Gasteiger partial charge in [0.05, 0.1) is 24.4 Å². The summed E-state index contributed by atoms with van der Waals surface area (Å²) in [4.78, 5) is 23.2. The highest BCUT2D eigenvalue weighted by atomic mass is 32.1. The van der Waals surface area contributed by atoms with Gasteiger partial charge >= 0.3 is 5.97 Å². The smallest absolute Gasteiger partial charge is 0.342 e.